The summed E-state index contributed by atoms with van der Waals surface area (Å²) in [5.74, 6) is 0.793. The Morgan fingerprint density at radius 2 is 1.88 bits per heavy atom. The molecule has 0 radical (unpaired) electrons. The maximum atomic E-state index is 12.8. The molecule has 1 aromatic carbocycles. The molecule has 1 amide bonds. The quantitative estimate of drug-likeness (QED) is 0.783. The van der Waals surface area contributed by atoms with E-state index in [2.05, 4.69) is 0 Å². The molecular formula is C18H23NO4S. The van der Waals surface area contributed by atoms with Gasteiger partial charge in [-0.2, -0.15) is 0 Å². The molecule has 3 atom stereocenters. The zero-order chi connectivity index (χ0) is 17.5. The van der Waals surface area contributed by atoms with Gasteiger partial charge in [-0.3, -0.25) is 4.79 Å². The van der Waals surface area contributed by atoms with Gasteiger partial charge in [-0.1, -0.05) is 0 Å². The topological polar surface area (TPSA) is 55.8 Å². The van der Waals surface area contributed by atoms with E-state index >= 15 is 0 Å². The molecule has 24 heavy (non-hydrogen) atoms. The van der Waals surface area contributed by atoms with E-state index < -0.39 is 5.60 Å². The fourth-order valence-electron chi connectivity index (χ4n) is 3.14. The smallest absolute Gasteiger partial charge is 0.410 e. The van der Waals surface area contributed by atoms with Crippen LogP contribution >= 0.6 is 11.8 Å². The van der Waals surface area contributed by atoms with Gasteiger partial charge in [0.25, 0.3) is 0 Å². The highest BCUT2D eigenvalue weighted by Crippen LogP contribution is 2.48. The molecule has 5 nitrogen and oxygen atoms in total. The van der Waals surface area contributed by atoms with Crippen LogP contribution in [0.3, 0.4) is 0 Å². The number of carbonyl (C=O) groups is 2. The van der Waals surface area contributed by atoms with Crippen LogP contribution in [0.2, 0.25) is 0 Å². The number of rotatable bonds is 3. The van der Waals surface area contributed by atoms with Crippen molar-refractivity contribution in [3.8, 4) is 5.75 Å². The van der Waals surface area contributed by atoms with Crippen molar-refractivity contribution in [3.63, 3.8) is 0 Å². The summed E-state index contributed by atoms with van der Waals surface area (Å²) in [6.45, 7) is 6.22. The second-order valence-electron chi connectivity index (χ2n) is 7.14. The van der Waals surface area contributed by atoms with Gasteiger partial charge in [-0.05, 0) is 51.5 Å². The molecule has 0 saturated carbocycles. The average Bonchev–Trinajstić information content (AvgIpc) is 2.82. The third-order valence-corrected chi connectivity index (χ3v) is 5.94. The zero-order valence-corrected chi connectivity index (χ0v) is 15.3. The lowest BCUT2D eigenvalue weighted by Gasteiger charge is -2.42. The number of hydrogen-bond donors (Lipinski definition) is 0. The Hall–Kier alpha value is -1.69. The Morgan fingerprint density at radius 3 is 2.46 bits per heavy atom. The second-order valence-corrected chi connectivity index (χ2v) is 8.53. The molecule has 2 fully saturated rings. The van der Waals surface area contributed by atoms with Crippen molar-refractivity contribution in [3.05, 3.63) is 29.8 Å². The van der Waals surface area contributed by atoms with E-state index in [1.165, 1.54) is 0 Å². The number of methoxy groups -OCH3 is 1. The number of carbonyl (C=O) groups excluding carboxylic acids is 2. The van der Waals surface area contributed by atoms with Gasteiger partial charge >= 0.3 is 6.09 Å². The number of nitrogens with zero attached hydrogens (tertiary/aromatic N) is 1. The van der Waals surface area contributed by atoms with Crippen molar-refractivity contribution in [1.82, 2.24) is 4.90 Å². The summed E-state index contributed by atoms with van der Waals surface area (Å²) in [4.78, 5) is 26.9. The molecule has 2 heterocycles. The lowest BCUT2D eigenvalue weighted by molar-refractivity contribution is 0.0221. The summed E-state index contributed by atoms with van der Waals surface area (Å²) in [5, 5.41) is 0.128. The fraction of sp³-hybridized carbons (Fsp3) is 0.556. The molecule has 2 aliphatic rings. The first-order valence-electron chi connectivity index (χ1n) is 8.13. The zero-order valence-electron chi connectivity index (χ0n) is 14.4. The molecule has 6 heteroatoms. The summed E-state index contributed by atoms with van der Waals surface area (Å²) in [5.41, 5.74) is 0.129. The molecule has 3 rings (SSSR count). The minimum atomic E-state index is -0.526. The largest absolute Gasteiger partial charge is 0.497 e. The number of hydrogen-bond acceptors (Lipinski definition) is 5. The number of Topliss-reactive ketones (excluding diaryl/α,β-unsaturated/α-hetero) is 1. The van der Waals surface area contributed by atoms with Crippen LogP contribution < -0.4 is 4.74 Å². The number of ether oxygens (including phenoxy) is 2. The van der Waals surface area contributed by atoms with Gasteiger partial charge in [0, 0.05) is 17.4 Å². The molecule has 2 aliphatic heterocycles. The minimum absolute atomic E-state index is 0.0561. The van der Waals surface area contributed by atoms with Gasteiger partial charge in [0.1, 0.15) is 11.4 Å². The number of amides is 1. The van der Waals surface area contributed by atoms with Crippen LogP contribution in [0.1, 0.15) is 37.6 Å². The van der Waals surface area contributed by atoms with Crippen LogP contribution in [0.4, 0.5) is 4.79 Å². The van der Waals surface area contributed by atoms with Gasteiger partial charge < -0.3 is 14.4 Å². The van der Waals surface area contributed by atoms with E-state index in [1.54, 1.807) is 48.0 Å². The highest BCUT2D eigenvalue weighted by atomic mass is 32.2. The number of fused-ring (bicyclic) bond motifs is 1. The Morgan fingerprint density at radius 1 is 1.21 bits per heavy atom. The van der Waals surface area contributed by atoms with E-state index in [9.17, 15) is 9.59 Å². The molecule has 0 spiro atoms. The molecule has 2 saturated heterocycles. The minimum Gasteiger partial charge on any atom is -0.497 e. The van der Waals surface area contributed by atoms with Gasteiger partial charge in [0.15, 0.2) is 5.78 Å². The van der Waals surface area contributed by atoms with Gasteiger partial charge in [0.05, 0.1) is 18.4 Å². The van der Waals surface area contributed by atoms with Crippen molar-refractivity contribution in [2.45, 2.75) is 49.3 Å². The Bertz CT molecular complexity index is 637. The lowest BCUT2D eigenvalue weighted by atomic mass is 9.99. The summed E-state index contributed by atoms with van der Waals surface area (Å²) in [6.07, 6.45) is 0.601. The van der Waals surface area contributed by atoms with Crippen molar-refractivity contribution >= 4 is 23.6 Å². The first kappa shape index (κ1) is 17.1. The molecule has 130 valence electrons. The fourth-order valence-corrected chi connectivity index (χ4v) is 4.71. The average molecular weight is 349 g/mol. The van der Waals surface area contributed by atoms with Crippen LogP contribution in [-0.4, -0.2) is 52.6 Å². The number of ketones is 1. The van der Waals surface area contributed by atoms with Gasteiger partial charge in [-0.15, -0.1) is 11.8 Å². The van der Waals surface area contributed by atoms with Gasteiger partial charge in [0.2, 0.25) is 0 Å². The predicted molar refractivity (Wildman–Crippen MR) is 93.8 cm³/mol. The van der Waals surface area contributed by atoms with E-state index in [0.29, 0.717) is 17.4 Å². The summed E-state index contributed by atoms with van der Waals surface area (Å²) < 4.78 is 10.6. The third kappa shape index (κ3) is 3.24. The molecule has 2 unspecified atom stereocenters. The van der Waals surface area contributed by atoms with Crippen LogP contribution in [0.25, 0.3) is 0 Å². The van der Waals surface area contributed by atoms with E-state index in [4.69, 9.17) is 9.47 Å². The Labute approximate surface area is 146 Å². The summed E-state index contributed by atoms with van der Waals surface area (Å²) in [6, 6.07) is 7.08. The molecule has 0 aromatic heterocycles. The molecule has 0 N–H and O–H groups in total. The van der Waals surface area contributed by atoms with Crippen LogP contribution in [0, 0.1) is 0 Å². The van der Waals surface area contributed by atoms with Crippen LogP contribution in [0.15, 0.2) is 24.3 Å². The van der Waals surface area contributed by atoms with Crippen molar-refractivity contribution in [2.75, 3.05) is 13.7 Å². The maximum Gasteiger partial charge on any atom is 0.410 e. The summed E-state index contributed by atoms with van der Waals surface area (Å²) >= 11 is 1.67. The van der Waals surface area contributed by atoms with Gasteiger partial charge in [-0.25, -0.2) is 4.79 Å². The van der Waals surface area contributed by atoms with E-state index in [-0.39, 0.29) is 23.2 Å². The Balaban J connectivity index is 1.71. The normalized spacial score (nSPS) is 25.7. The first-order valence-corrected chi connectivity index (χ1v) is 9.08. The summed E-state index contributed by atoms with van der Waals surface area (Å²) in [7, 11) is 1.60. The first-order chi connectivity index (χ1) is 11.3. The van der Waals surface area contributed by atoms with Crippen LogP contribution in [0.5, 0.6) is 5.75 Å². The molecule has 0 bridgehead atoms. The monoisotopic (exact) mass is 349 g/mol. The van der Waals surface area contributed by atoms with E-state index in [0.717, 1.165) is 12.2 Å². The highest BCUT2D eigenvalue weighted by molar-refractivity contribution is 8.02. The number of benzene rings is 1. The standard InChI is InChI=1S/C18H23NO4S/c1-18(2,3)23-17(21)19-10-9-13-14(19)16(24-13)15(20)11-5-7-12(22-4)8-6-11/h5-8,13-14,16H,9-10H2,1-4H3/t13?,14-,16?/m0/s1. The number of thioether (sulfide) groups is 1. The van der Waals surface area contributed by atoms with E-state index in [1.807, 2.05) is 20.8 Å². The third-order valence-electron chi connectivity index (χ3n) is 4.29. The molecular weight excluding hydrogens is 326 g/mol. The maximum absolute atomic E-state index is 12.8. The predicted octanol–water partition coefficient (Wildman–Crippen LogP) is 3.37. The number of likely N-dealkylation sites (tertiary alicyclic amines) is 1. The highest BCUT2D eigenvalue weighted by Gasteiger charge is 2.54. The lowest BCUT2D eigenvalue weighted by Crippen LogP contribution is -2.56. The molecule has 1 aromatic rings. The second kappa shape index (κ2) is 6.31. The van der Waals surface area contributed by atoms with Crippen molar-refractivity contribution in [2.24, 2.45) is 0 Å². The molecule has 0 aliphatic carbocycles. The Kier molecular flexibility index (Phi) is 4.51. The van der Waals surface area contributed by atoms with Crippen molar-refractivity contribution in [1.29, 1.82) is 0 Å². The van der Waals surface area contributed by atoms with Crippen molar-refractivity contribution < 1.29 is 19.1 Å². The SMILES string of the molecule is COc1ccc(C(=O)C2SC3CCN(C(=O)OC(C)(C)C)[C@@H]32)cc1. The van der Waals surface area contributed by atoms with Crippen LogP contribution in [-0.2, 0) is 4.74 Å².